The second-order valence-corrected chi connectivity index (χ2v) is 5.50. The van der Waals surface area contributed by atoms with E-state index < -0.39 is 5.97 Å². The van der Waals surface area contributed by atoms with Crippen LogP contribution in [0.25, 0.3) is 21.9 Å². The van der Waals surface area contributed by atoms with Crippen molar-refractivity contribution < 1.29 is 18.7 Å². The molecule has 4 rings (SSSR count). The van der Waals surface area contributed by atoms with E-state index in [1.807, 2.05) is 18.2 Å². The number of hydrogen-bond donors (Lipinski definition) is 1. The van der Waals surface area contributed by atoms with Crippen LogP contribution in [0, 0.1) is 5.92 Å². The van der Waals surface area contributed by atoms with Gasteiger partial charge in [0.05, 0.1) is 18.9 Å². The van der Waals surface area contributed by atoms with Crippen LogP contribution in [0.1, 0.15) is 30.7 Å². The molecule has 4 heteroatoms. The summed E-state index contributed by atoms with van der Waals surface area (Å²) in [5.74, 6) is -0.315. The van der Waals surface area contributed by atoms with E-state index >= 15 is 0 Å². The van der Waals surface area contributed by atoms with Crippen LogP contribution in [0.2, 0.25) is 0 Å². The molecule has 1 aromatic carbocycles. The van der Waals surface area contributed by atoms with Gasteiger partial charge in [-0.05, 0) is 37.0 Å². The minimum Gasteiger partial charge on any atom is -0.481 e. The van der Waals surface area contributed by atoms with Gasteiger partial charge in [-0.2, -0.15) is 0 Å². The average Bonchev–Trinajstić information content (AvgIpc) is 2.96. The van der Waals surface area contributed by atoms with Crippen molar-refractivity contribution >= 4 is 27.9 Å². The number of fused-ring (bicyclic) bond motifs is 2. The van der Waals surface area contributed by atoms with Crippen LogP contribution in [0.5, 0.6) is 0 Å². The van der Waals surface area contributed by atoms with Gasteiger partial charge in [0.1, 0.15) is 11.2 Å². The van der Waals surface area contributed by atoms with E-state index in [0.717, 1.165) is 40.3 Å². The van der Waals surface area contributed by atoms with Crippen LogP contribution in [-0.4, -0.2) is 11.1 Å². The monoisotopic (exact) mass is 270 g/mol. The molecule has 3 aromatic rings. The standard InChI is InChI=1S/C16H14O4/c17-14(18)8-12(9-1-2-9)15-11-4-6-19-13(11)7-10-3-5-20-16(10)15/h3-7,9,12H,1-2,8H2,(H,17,18). The van der Waals surface area contributed by atoms with Gasteiger partial charge in [-0.1, -0.05) is 0 Å². The van der Waals surface area contributed by atoms with Crippen molar-refractivity contribution in [2.24, 2.45) is 5.92 Å². The van der Waals surface area contributed by atoms with Gasteiger partial charge in [-0.15, -0.1) is 0 Å². The van der Waals surface area contributed by atoms with Crippen molar-refractivity contribution in [1.29, 1.82) is 0 Å². The SMILES string of the molecule is O=C(O)CC(c1c2ccoc2cc2ccoc12)C1CC1. The van der Waals surface area contributed by atoms with Crippen LogP contribution >= 0.6 is 0 Å². The molecule has 1 aliphatic rings. The highest BCUT2D eigenvalue weighted by Crippen LogP contribution is 2.48. The summed E-state index contributed by atoms with van der Waals surface area (Å²) in [7, 11) is 0. The molecule has 0 aliphatic heterocycles. The molecule has 1 fully saturated rings. The number of hydrogen-bond acceptors (Lipinski definition) is 3. The molecule has 20 heavy (non-hydrogen) atoms. The largest absolute Gasteiger partial charge is 0.481 e. The minimum atomic E-state index is -0.762. The fraction of sp³-hybridized carbons (Fsp3) is 0.312. The Morgan fingerprint density at radius 1 is 1.30 bits per heavy atom. The molecule has 1 N–H and O–H groups in total. The summed E-state index contributed by atoms with van der Waals surface area (Å²) in [6.07, 6.45) is 5.63. The number of carboxylic acids is 1. The summed E-state index contributed by atoms with van der Waals surface area (Å²) >= 11 is 0. The lowest BCUT2D eigenvalue weighted by atomic mass is 9.87. The highest BCUT2D eigenvalue weighted by atomic mass is 16.4. The zero-order chi connectivity index (χ0) is 13.7. The fourth-order valence-corrected chi connectivity index (χ4v) is 3.13. The van der Waals surface area contributed by atoms with Crippen LogP contribution in [-0.2, 0) is 4.79 Å². The van der Waals surface area contributed by atoms with Gasteiger partial charge in [0, 0.05) is 22.3 Å². The lowest BCUT2D eigenvalue weighted by Crippen LogP contribution is -2.09. The molecule has 1 aliphatic carbocycles. The molecule has 0 spiro atoms. The van der Waals surface area contributed by atoms with E-state index in [0.29, 0.717) is 5.92 Å². The molecule has 0 bridgehead atoms. The lowest BCUT2D eigenvalue weighted by molar-refractivity contribution is -0.137. The highest BCUT2D eigenvalue weighted by Gasteiger charge is 2.36. The van der Waals surface area contributed by atoms with E-state index in [1.165, 1.54) is 0 Å². The maximum absolute atomic E-state index is 11.2. The smallest absolute Gasteiger partial charge is 0.303 e. The van der Waals surface area contributed by atoms with Crippen molar-refractivity contribution in [3.8, 4) is 0 Å². The van der Waals surface area contributed by atoms with Crippen LogP contribution in [0.4, 0.5) is 0 Å². The van der Waals surface area contributed by atoms with Crippen molar-refractivity contribution in [2.45, 2.75) is 25.2 Å². The number of carbonyl (C=O) groups is 1. The van der Waals surface area contributed by atoms with Crippen molar-refractivity contribution in [1.82, 2.24) is 0 Å². The molecule has 4 nitrogen and oxygen atoms in total. The van der Waals surface area contributed by atoms with E-state index in [1.54, 1.807) is 12.5 Å². The molecular weight excluding hydrogens is 256 g/mol. The Balaban J connectivity index is 1.99. The van der Waals surface area contributed by atoms with Gasteiger partial charge in [0.15, 0.2) is 0 Å². The average molecular weight is 270 g/mol. The van der Waals surface area contributed by atoms with Crippen LogP contribution in [0.3, 0.4) is 0 Å². The first-order valence-corrected chi connectivity index (χ1v) is 6.83. The molecule has 2 aromatic heterocycles. The predicted molar refractivity (Wildman–Crippen MR) is 73.7 cm³/mol. The number of rotatable bonds is 4. The first-order chi connectivity index (χ1) is 9.74. The topological polar surface area (TPSA) is 63.6 Å². The van der Waals surface area contributed by atoms with Gasteiger partial charge in [0.2, 0.25) is 0 Å². The van der Waals surface area contributed by atoms with E-state index in [-0.39, 0.29) is 12.3 Å². The number of benzene rings is 1. The van der Waals surface area contributed by atoms with Gasteiger partial charge < -0.3 is 13.9 Å². The second kappa shape index (κ2) is 4.13. The normalized spacial score (nSPS) is 16.8. The summed E-state index contributed by atoms with van der Waals surface area (Å²) in [6.45, 7) is 0. The van der Waals surface area contributed by atoms with Gasteiger partial charge in [-0.25, -0.2) is 0 Å². The van der Waals surface area contributed by atoms with E-state index in [9.17, 15) is 9.90 Å². The van der Waals surface area contributed by atoms with E-state index in [4.69, 9.17) is 8.83 Å². The van der Waals surface area contributed by atoms with Crippen LogP contribution < -0.4 is 0 Å². The van der Waals surface area contributed by atoms with Gasteiger partial charge >= 0.3 is 5.97 Å². The highest BCUT2D eigenvalue weighted by molar-refractivity contribution is 5.98. The second-order valence-electron chi connectivity index (χ2n) is 5.50. The Morgan fingerprint density at radius 2 is 2.10 bits per heavy atom. The number of aliphatic carboxylic acids is 1. The Kier molecular flexibility index (Phi) is 2.39. The van der Waals surface area contributed by atoms with Crippen molar-refractivity contribution in [2.75, 3.05) is 0 Å². The molecule has 102 valence electrons. The number of carboxylic acid groups (broad SMARTS) is 1. The molecule has 2 heterocycles. The first kappa shape index (κ1) is 11.6. The molecular formula is C16H14O4. The summed E-state index contributed by atoms with van der Waals surface area (Å²) in [5.41, 5.74) is 2.60. The zero-order valence-corrected chi connectivity index (χ0v) is 10.8. The van der Waals surface area contributed by atoms with Gasteiger partial charge in [0.25, 0.3) is 0 Å². The zero-order valence-electron chi connectivity index (χ0n) is 10.8. The summed E-state index contributed by atoms with van der Waals surface area (Å²) in [6, 6.07) is 5.75. The molecule has 0 amide bonds. The lowest BCUT2D eigenvalue weighted by Gasteiger charge is -2.16. The third-order valence-corrected chi connectivity index (χ3v) is 4.17. The molecule has 1 atom stereocenters. The third kappa shape index (κ3) is 1.72. The molecule has 0 saturated heterocycles. The van der Waals surface area contributed by atoms with E-state index in [2.05, 4.69) is 0 Å². The molecule has 0 radical (unpaired) electrons. The summed E-state index contributed by atoms with van der Waals surface area (Å²) in [5, 5.41) is 11.2. The van der Waals surface area contributed by atoms with Crippen LogP contribution in [0.15, 0.2) is 39.6 Å². The Labute approximate surface area is 115 Å². The summed E-state index contributed by atoms with van der Waals surface area (Å²) < 4.78 is 11.1. The Hall–Kier alpha value is -2.23. The minimum absolute atomic E-state index is 0.00227. The molecule has 1 unspecified atom stereocenters. The Bertz CT molecular complexity index is 742. The fourth-order valence-electron chi connectivity index (χ4n) is 3.13. The van der Waals surface area contributed by atoms with Crippen molar-refractivity contribution in [3.05, 3.63) is 36.3 Å². The predicted octanol–water partition coefficient (Wildman–Crippen LogP) is 4.15. The summed E-state index contributed by atoms with van der Waals surface area (Å²) in [4.78, 5) is 11.2. The van der Waals surface area contributed by atoms with Crippen molar-refractivity contribution in [3.63, 3.8) is 0 Å². The quantitative estimate of drug-likeness (QED) is 0.773. The maximum atomic E-state index is 11.2. The maximum Gasteiger partial charge on any atom is 0.303 e. The van der Waals surface area contributed by atoms with Gasteiger partial charge in [-0.3, -0.25) is 4.79 Å². The first-order valence-electron chi connectivity index (χ1n) is 6.83. The molecule has 1 saturated carbocycles. The number of furan rings is 2. The Morgan fingerprint density at radius 3 is 2.85 bits per heavy atom. The third-order valence-electron chi connectivity index (χ3n) is 4.17.